The fourth-order valence-electron chi connectivity index (χ4n) is 3.06. The van der Waals surface area contributed by atoms with Crippen LogP contribution in [0.15, 0.2) is 41.6 Å². The van der Waals surface area contributed by atoms with Crippen molar-refractivity contribution in [1.82, 2.24) is 4.90 Å². The van der Waals surface area contributed by atoms with E-state index in [1.165, 1.54) is 12.1 Å². The molecule has 2 N–H and O–H groups in total. The zero-order valence-electron chi connectivity index (χ0n) is 13.6. The predicted octanol–water partition coefficient (Wildman–Crippen LogP) is 3.32. The fraction of sp³-hybridized carbons (Fsp3) is 0.278. The monoisotopic (exact) mass is 363 g/mol. The second-order valence-electron chi connectivity index (χ2n) is 5.96. The minimum atomic E-state index is -0.212. The van der Waals surface area contributed by atoms with Gasteiger partial charge in [0.1, 0.15) is 11.6 Å². The van der Waals surface area contributed by atoms with Gasteiger partial charge in [-0.15, -0.1) is 0 Å². The van der Waals surface area contributed by atoms with E-state index in [2.05, 4.69) is 10.1 Å². The Balaban J connectivity index is 1.68. The zero-order valence-corrected chi connectivity index (χ0v) is 14.3. The molecule has 1 heterocycles. The van der Waals surface area contributed by atoms with Crippen LogP contribution >= 0.6 is 11.6 Å². The van der Waals surface area contributed by atoms with E-state index in [9.17, 15) is 9.50 Å². The van der Waals surface area contributed by atoms with Gasteiger partial charge in [-0.1, -0.05) is 28.9 Å². The molecule has 1 aliphatic rings. The van der Waals surface area contributed by atoms with Gasteiger partial charge in [0, 0.05) is 48.9 Å². The number of phenolic OH excluding ortho intramolecular Hbond substituents is 1. The van der Waals surface area contributed by atoms with Crippen LogP contribution in [-0.2, 0) is 6.54 Å². The summed E-state index contributed by atoms with van der Waals surface area (Å²) in [6.45, 7) is 3.40. The van der Waals surface area contributed by atoms with Crippen molar-refractivity contribution in [2.24, 2.45) is 5.16 Å². The third kappa shape index (κ3) is 4.03. The molecule has 7 heteroatoms. The molecule has 0 bridgehead atoms. The molecule has 0 radical (unpaired) electrons. The van der Waals surface area contributed by atoms with E-state index >= 15 is 0 Å². The minimum absolute atomic E-state index is 0.0544. The van der Waals surface area contributed by atoms with E-state index < -0.39 is 0 Å². The highest BCUT2D eigenvalue weighted by Gasteiger charge is 2.20. The summed E-state index contributed by atoms with van der Waals surface area (Å²) in [6, 6.07) is 10.0. The van der Waals surface area contributed by atoms with E-state index in [1.807, 2.05) is 11.0 Å². The zero-order chi connectivity index (χ0) is 17.8. The van der Waals surface area contributed by atoms with Gasteiger partial charge in [-0.25, -0.2) is 4.39 Å². The smallest absolute Gasteiger partial charge is 0.146 e. The van der Waals surface area contributed by atoms with Crippen molar-refractivity contribution in [3.8, 4) is 5.75 Å². The second kappa shape index (κ2) is 7.72. The molecule has 132 valence electrons. The van der Waals surface area contributed by atoms with Gasteiger partial charge in [-0.3, -0.25) is 4.90 Å². The van der Waals surface area contributed by atoms with Gasteiger partial charge in [0.25, 0.3) is 0 Å². The summed E-state index contributed by atoms with van der Waals surface area (Å²) in [7, 11) is 0. The van der Waals surface area contributed by atoms with E-state index in [1.54, 1.807) is 18.2 Å². The van der Waals surface area contributed by atoms with Crippen molar-refractivity contribution in [2.45, 2.75) is 6.54 Å². The van der Waals surface area contributed by atoms with Crippen LogP contribution in [0.2, 0.25) is 5.02 Å². The van der Waals surface area contributed by atoms with Gasteiger partial charge in [0.05, 0.1) is 11.9 Å². The third-order valence-electron chi connectivity index (χ3n) is 4.34. The summed E-state index contributed by atoms with van der Waals surface area (Å²) in [5, 5.41) is 22.4. The van der Waals surface area contributed by atoms with Gasteiger partial charge in [-0.2, -0.15) is 0 Å². The van der Waals surface area contributed by atoms with Crippen LogP contribution in [-0.4, -0.2) is 47.6 Å². The summed E-state index contributed by atoms with van der Waals surface area (Å²) >= 11 is 6.07. The molecule has 1 fully saturated rings. The molecule has 25 heavy (non-hydrogen) atoms. The van der Waals surface area contributed by atoms with Gasteiger partial charge < -0.3 is 15.2 Å². The molecule has 0 amide bonds. The van der Waals surface area contributed by atoms with Crippen LogP contribution in [0.4, 0.5) is 10.1 Å². The molecule has 3 rings (SSSR count). The Labute approximate surface area is 150 Å². The van der Waals surface area contributed by atoms with Gasteiger partial charge in [0.2, 0.25) is 0 Å². The molecule has 1 aliphatic heterocycles. The van der Waals surface area contributed by atoms with Crippen LogP contribution in [0.3, 0.4) is 0 Å². The van der Waals surface area contributed by atoms with Crippen molar-refractivity contribution in [3.63, 3.8) is 0 Å². The highest BCUT2D eigenvalue weighted by atomic mass is 35.5. The quantitative estimate of drug-likeness (QED) is 0.497. The number of piperazine rings is 1. The number of hydrogen-bond donors (Lipinski definition) is 2. The number of para-hydroxylation sites is 1. The Hall–Kier alpha value is -2.31. The first kappa shape index (κ1) is 17.5. The molecule has 2 aromatic carbocycles. The first-order valence-electron chi connectivity index (χ1n) is 7.99. The third-order valence-corrected chi connectivity index (χ3v) is 4.56. The molecule has 0 aliphatic carbocycles. The number of oxime groups is 1. The maximum atomic E-state index is 13.9. The SMILES string of the molecule is O/N=C/c1cc(Cl)cc(CN2CCN(c3ccccc3F)CC2)c1O. The normalized spacial score (nSPS) is 15.8. The number of halogens is 2. The number of benzene rings is 2. The van der Waals surface area contributed by atoms with Crippen molar-refractivity contribution < 1.29 is 14.7 Å². The topological polar surface area (TPSA) is 59.3 Å². The van der Waals surface area contributed by atoms with Gasteiger partial charge in [-0.05, 0) is 24.3 Å². The Morgan fingerprint density at radius 3 is 2.56 bits per heavy atom. The van der Waals surface area contributed by atoms with Crippen LogP contribution in [0.25, 0.3) is 0 Å². The summed E-state index contributed by atoms with van der Waals surface area (Å²) in [6.07, 6.45) is 1.15. The molecule has 0 saturated carbocycles. The lowest BCUT2D eigenvalue weighted by atomic mass is 10.1. The number of nitrogens with zero attached hydrogens (tertiary/aromatic N) is 3. The molecule has 1 saturated heterocycles. The predicted molar refractivity (Wildman–Crippen MR) is 96.4 cm³/mol. The van der Waals surface area contributed by atoms with Gasteiger partial charge >= 0.3 is 0 Å². The molecule has 0 atom stereocenters. The van der Waals surface area contributed by atoms with Crippen molar-refractivity contribution in [1.29, 1.82) is 0 Å². The first-order chi connectivity index (χ1) is 12.1. The number of anilines is 1. The molecule has 0 spiro atoms. The number of rotatable bonds is 4. The summed E-state index contributed by atoms with van der Waals surface area (Å²) in [5.41, 5.74) is 1.66. The molecule has 0 aromatic heterocycles. The van der Waals surface area contributed by atoms with E-state index in [-0.39, 0.29) is 11.6 Å². The van der Waals surface area contributed by atoms with E-state index in [0.29, 0.717) is 41.5 Å². The van der Waals surface area contributed by atoms with Gasteiger partial charge in [0.15, 0.2) is 0 Å². The second-order valence-corrected chi connectivity index (χ2v) is 6.40. The average Bonchev–Trinajstić information content (AvgIpc) is 2.60. The Morgan fingerprint density at radius 2 is 1.88 bits per heavy atom. The highest BCUT2D eigenvalue weighted by Crippen LogP contribution is 2.28. The van der Waals surface area contributed by atoms with E-state index in [4.69, 9.17) is 16.8 Å². The Morgan fingerprint density at radius 1 is 1.16 bits per heavy atom. The lowest BCUT2D eigenvalue weighted by Gasteiger charge is -2.36. The summed E-state index contributed by atoms with van der Waals surface area (Å²) in [5.74, 6) is -0.157. The maximum absolute atomic E-state index is 13.9. The first-order valence-corrected chi connectivity index (χ1v) is 8.37. The van der Waals surface area contributed by atoms with E-state index in [0.717, 1.165) is 19.3 Å². The molecular formula is C18H19ClFN3O2. The van der Waals surface area contributed by atoms with Crippen LogP contribution < -0.4 is 4.90 Å². The van der Waals surface area contributed by atoms with Crippen LogP contribution in [0, 0.1) is 5.82 Å². The standard InChI is InChI=1S/C18H19ClFN3O2/c19-15-9-13(11-21-25)18(24)14(10-15)12-22-5-7-23(8-6-22)17-4-2-1-3-16(17)20/h1-4,9-11,24-25H,5-8,12H2/b21-11+. The summed E-state index contributed by atoms with van der Waals surface area (Å²) < 4.78 is 13.9. The Kier molecular flexibility index (Phi) is 5.40. The van der Waals surface area contributed by atoms with Crippen molar-refractivity contribution in [2.75, 3.05) is 31.1 Å². The van der Waals surface area contributed by atoms with Crippen molar-refractivity contribution in [3.05, 3.63) is 58.4 Å². The van der Waals surface area contributed by atoms with Crippen LogP contribution in [0.1, 0.15) is 11.1 Å². The van der Waals surface area contributed by atoms with Crippen molar-refractivity contribution >= 4 is 23.5 Å². The number of phenols is 1. The largest absolute Gasteiger partial charge is 0.507 e. The molecular weight excluding hydrogens is 345 g/mol. The lowest BCUT2D eigenvalue weighted by Crippen LogP contribution is -2.46. The molecule has 5 nitrogen and oxygen atoms in total. The minimum Gasteiger partial charge on any atom is -0.507 e. The lowest BCUT2D eigenvalue weighted by molar-refractivity contribution is 0.246. The summed E-state index contributed by atoms with van der Waals surface area (Å²) in [4.78, 5) is 4.19. The molecule has 0 unspecified atom stereocenters. The average molecular weight is 364 g/mol. The fourth-order valence-corrected chi connectivity index (χ4v) is 3.31. The number of aromatic hydroxyl groups is 1. The maximum Gasteiger partial charge on any atom is 0.146 e. The highest BCUT2D eigenvalue weighted by molar-refractivity contribution is 6.31. The Bertz CT molecular complexity index is 777. The number of hydrogen-bond acceptors (Lipinski definition) is 5. The molecule has 2 aromatic rings. The van der Waals surface area contributed by atoms with Crippen LogP contribution in [0.5, 0.6) is 5.75 Å².